The Balaban J connectivity index is 1.85. The first kappa shape index (κ1) is 21.2. The quantitative estimate of drug-likeness (QED) is 0.507. The fourth-order valence-electron chi connectivity index (χ4n) is 3.13. The van der Waals surface area contributed by atoms with Crippen molar-refractivity contribution < 1.29 is 23.2 Å². The van der Waals surface area contributed by atoms with Crippen molar-refractivity contribution in [1.29, 1.82) is 0 Å². The average molecular weight is 421 g/mol. The zero-order valence-electron chi connectivity index (χ0n) is 15.8. The van der Waals surface area contributed by atoms with Gasteiger partial charge >= 0.3 is 0 Å². The number of nitro benzene ring substituents is 1. The van der Waals surface area contributed by atoms with Crippen LogP contribution < -0.4 is 4.31 Å². The molecule has 1 fully saturated rings. The van der Waals surface area contributed by atoms with Gasteiger partial charge in [-0.3, -0.25) is 19.3 Å². The number of aliphatic hydroxyl groups excluding tert-OH is 1. The van der Waals surface area contributed by atoms with Crippen LogP contribution >= 0.6 is 0 Å². The van der Waals surface area contributed by atoms with Crippen molar-refractivity contribution in [1.82, 2.24) is 4.90 Å². The van der Waals surface area contributed by atoms with Gasteiger partial charge in [-0.2, -0.15) is 0 Å². The predicted octanol–water partition coefficient (Wildman–Crippen LogP) is 1.48. The van der Waals surface area contributed by atoms with Crippen LogP contribution in [0.25, 0.3) is 0 Å². The molecule has 29 heavy (non-hydrogen) atoms. The summed E-state index contributed by atoms with van der Waals surface area (Å²) >= 11 is 0. The monoisotopic (exact) mass is 421 g/mol. The second-order valence-corrected chi connectivity index (χ2v) is 8.55. The molecule has 0 aromatic heterocycles. The van der Waals surface area contributed by atoms with E-state index in [1.54, 1.807) is 30.3 Å². The number of hydrogen-bond acceptors (Lipinski definition) is 7. The molecule has 0 aliphatic carbocycles. The molecule has 1 aliphatic heterocycles. The number of sulfonamides is 1. The molecule has 10 heteroatoms. The van der Waals surface area contributed by atoms with E-state index in [9.17, 15) is 23.6 Å². The van der Waals surface area contributed by atoms with Crippen LogP contribution in [0.2, 0.25) is 0 Å². The largest absolute Gasteiger partial charge is 0.390 e. The first-order chi connectivity index (χ1) is 13.9. The highest BCUT2D eigenvalue weighted by Crippen LogP contribution is 2.25. The molecule has 2 aromatic rings. The lowest BCUT2D eigenvalue weighted by Gasteiger charge is -2.31. The highest BCUT2D eigenvalue weighted by atomic mass is 32.2. The number of hydrogen-bond donors (Lipinski definition) is 1. The number of anilines is 1. The number of benzene rings is 2. The minimum absolute atomic E-state index is 0.0782. The Morgan fingerprint density at radius 2 is 1.72 bits per heavy atom. The van der Waals surface area contributed by atoms with Gasteiger partial charge in [0.1, 0.15) is 0 Å². The lowest BCUT2D eigenvalue weighted by Crippen LogP contribution is -2.46. The van der Waals surface area contributed by atoms with Crippen LogP contribution in [0.3, 0.4) is 0 Å². The van der Waals surface area contributed by atoms with Crippen LogP contribution in [0.5, 0.6) is 0 Å². The summed E-state index contributed by atoms with van der Waals surface area (Å²) in [7, 11) is -4.02. The highest BCUT2D eigenvalue weighted by Gasteiger charge is 2.28. The molecule has 2 aromatic carbocycles. The summed E-state index contributed by atoms with van der Waals surface area (Å²) in [6, 6.07) is 13.2. The lowest BCUT2D eigenvalue weighted by molar-refractivity contribution is -0.384. The second kappa shape index (κ2) is 9.31. The van der Waals surface area contributed by atoms with Crippen molar-refractivity contribution in [2.24, 2.45) is 0 Å². The number of nitro groups is 1. The standard InChI is InChI=1S/C19H23N3O6S/c23-18(14-20-10-12-28-13-11-20)15-21(16-4-2-1-3-5-16)29(26,27)19-8-6-17(7-9-19)22(24)25/h1-9,18,23H,10-15H2/t18-/m1/s1. The molecule has 1 heterocycles. The van der Waals surface area contributed by atoms with Crippen molar-refractivity contribution in [2.45, 2.75) is 11.0 Å². The van der Waals surface area contributed by atoms with Gasteiger partial charge in [0.2, 0.25) is 0 Å². The molecule has 1 saturated heterocycles. The van der Waals surface area contributed by atoms with E-state index in [-0.39, 0.29) is 17.1 Å². The van der Waals surface area contributed by atoms with E-state index in [2.05, 4.69) is 0 Å². The fourth-order valence-corrected chi connectivity index (χ4v) is 4.64. The molecule has 0 radical (unpaired) electrons. The third-order valence-corrected chi connectivity index (χ3v) is 6.44. The SMILES string of the molecule is O=[N+]([O-])c1ccc(S(=O)(=O)N(C[C@H](O)CN2CCOCC2)c2ccccc2)cc1. The summed E-state index contributed by atoms with van der Waals surface area (Å²) in [6.45, 7) is 2.70. The second-order valence-electron chi connectivity index (χ2n) is 6.69. The zero-order valence-corrected chi connectivity index (χ0v) is 16.6. The fraction of sp³-hybridized carbons (Fsp3) is 0.368. The molecule has 1 aliphatic rings. The van der Waals surface area contributed by atoms with Crippen molar-refractivity contribution >= 4 is 21.4 Å². The van der Waals surface area contributed by atoms with Crippen LogP contribution in [0.15, 0.2) is 59.5 Å². The maximum absolute atomic E-state index is 13.3. The summed E-state index contributed by atoms with van der Waals surface area (Å²) in [5.74, 6) is 0. The maximum Gasteiger partial charge on any atom is 0.269 e. The lowest BCUT2D eigenvalue weighted by atomic mass is 10.2. The van der Waals surface area contributed by atoms with E-state index >= 15 is 0 Å². The Labute approximate surface area is 169 Å². The number of para-hydroxylation sites is 1. The van der Waals surface area contributed by atoms with Gasteiger partial charge in [-0.25, -0.2) is 8.42 Å². The highest BCUT2D eigenvalue weighted by molar-refractivity contribution is 7.92. The van der Waals surface area contributed by atoms with Gasteiger partial charge in [-0.1, -0.05) is 18.2 Å². The first-order valence-corrected chi connectivity index (χ1v) is 10.6. The first-order valence-electron chi connectivity index (χ1n) is 9.18. The Kier molecular flexibility index (Phi) is 6.80. The smallest absolute Gasteiger partial charge is 0.269 e. The molecule has 0 bridgehead atoms. The van der Waals surface area contributed by atoms with Crippen molar-refractivity contribution in [3.63, 3.8) is 0 Å². The van der Waals surface area contributed by atoms with Crippen LogP contribution in [0, 0.1) is 10.1 Å². The van der Waals surface area contributed by atoms with Crippen LogP contribution in [-0.4, -0.2) is 68.8 Å². The third kappa shape index (κ3) is 5.30. The molecule has 0 amide bonds. The molecule has 0 unspecified atom stereocenters. The minimum Gasteiger partial charge on any atom is -0.390 e. The topological polar surface area (TPSA) is 113 Å². The Morgan fingerprint density at radius 1 is 1.10 bits per heavy atom. The summed E-state index contributed by atoms with van der Waals surface area (Å²) in [6.07, 6.45) is -0.916. The van der Waals surface area contributed by atoms with Gasteiger partial charge in [0.15, 0.2) is 0 Å². The third-order valence-electron chi connectivity index (χ3n) is 4.63. The Bertz CT molecular complexity index is 915. The van der Waals surface area contributed by atoms with Gasteiger partial charge in [-0.05, 0) is 24.3 Å². The van der Waals surface area contributed by atoms with Gasteiger partial charge in [-0.15, -0.1) is 0 Å². The number of nitrogens with zero attached hydrogens (tertiary/aromatic N) is 3. The number of rotatable bonds is 8. The normalized spacial score (nSPS) is 16.3. The average Bonchev–Trinajstić information content (AvgIpc) is 2.73. The molecular formula is C19H23N3O6S. The van der Waals surface area contributed by atoms with E-state index in [1.165, 1.54) is 12.1 Å². The summed E-state index contributed by atoms with van der Waals surface area (Å²) < 4.78 is 32.9. The molecular weight excluding hydrogens is 398 g/mol. The van der Waals surface area contributed by atoms with E-state index in [0.29, 0.717) is 38.5 Å². The summed E-state index contributed by atoms with van der Waals surface area (Å²) in [5, 5.41) is 21.4. The number of ether oxygens (including phenoxy) is 1. The van der Waals surface area contributed by atoms with Crippen molar-refractivity contribution in [3.05, 3.63) is 64.7 Å². The summed E-state index contributed by atoms with van der Waals surface area (Å²) in [4.78, 5) is 12.2. The number of non-ortho nitro benzene ring substituents is 1. The van der Waals surface area contributed by atoms with Gasteiger partial charge < -0.3 is 9.84 Å². The molecule has 0 saturated carbocycles. The van der Waals surface area contributed by atoms with Crippen molar-refractivity contribution in [3.8, 4) is 0 Å². The van der Waals surface area contributed by atoms with Crippen LogP contribution in [-0.2, 0) is 14.8 Å². The summed E-state index contributed by atoms with van der Waals surface area (Å²) in [5.41, 5.74) is 0.217. The van der Waals surface area contributed by atoms with E-state index in [1.807, 2.05) is 4.90 Å². The Hall–Kier alpha value is -2.53. The van der Waals surface area contributed by atoms with E-state index < -0.39 is 21.1 Å². The van der Waals surface area contributed by atoms with Gasteiger partial charge in [0, 0.05) is 31.8 Å². The van der Waals surface area contributed by atoms with Crippen LogP contribution in [0.1, 0.15) is 0 Å². The number of β-amino-alcohol motifs (C(OH)–C–C–N with tert-alkyl or cyclic N) is 1. The molecule has 9 nitrogen and oxygen atoms in total. The number of morpholine rings is 1. The van der Waals surface area contributed by atoms with Crippen LogP contribution in [0.4, 0.5) is 11.4 Å². The van der Waals surface area contributed by atoms with Crippen molar-refractivity contribution in [2.75, 3.05) is 43.7 Å². The molecule has 1 N–H and O–H groups in total. The van der Waals surface area contributed by atoms with Gasteiger partial charge in [0.05, 0.1) is 41.4 Å². The molecule has 1 atom stereocenters. The molecule has 0 spiro atoms. The molecule has 156 valence electrons. The molecule has 3 rings (SSSR count). The predicted molar refractivity (Wildman–Crippen MR) is 107 cm³/mol. The van der Waals surface area contributed by atoms with E-state index in [0.717, 1.165) is 16.4 Å². The van der Waals surface area contributed by atoms with Gasteiger partial charge in [0.25, 0.3) is 15.7 Å². The zero-order chi connectivity index (χ0) is 20.9. The Morgan fingerprint density at radius 3 is 2.31 bits per heavy atom. The number of aliphatic hydroxyl groups is 1. The minimum atomic E-state index is -4.02. The van der Waals surface area contributed by atoms with E-state index in [4.69, 9.17) is 4.74 Å². The maximum atomic E-state index is 13.3.